The van der Waals surface area contributed by atoms with Crippen molar-refractivity contribution >= 4 is 60.8 Å². The van der Waals surface area contributed by atoms with Gasteiger partial charge in [-0.05, 0) is 37.6 Å². The summed E-state index contributed by atoms with van der Waals surface area (Å²) in [6, 6.07) is 4.04. The highest BCUT2D eigenvalue weighted by Crippen LogP contribution is 2.53. The highest BCUT2D eigenvalue weighted by atomic mass is 32.2. The summed E-state index contributed by atoms with van der Waals surface area (Å²) in [6.07, 6.45) is -8.33. The molecule has 52 heavy (non-hydrogen) atoms. The monoisotopic (exact) mass is 765 g/mol. The van der Waals surface area contributed by atoms with Crippen LogP contribution in [0.4, 0.5) is 41.6 Å². The first-order valence-corrected chi connectivity index (χ1v) is 17.9. The molecule has 2 saturated heterocycles. The molecule has 3 aliphatic heterocycles. The van der Waals surface area contributed by atoms with Gasteiger partial charge in [-0.25, -0.2) is 9.18 Å². The lowest BCUT2D eigenvalue weighted by Crippen LogP contribution is -2.61. The Morgan fingerprint density at radius 1 is 1.15 bits per heavy atom. The number of alkyl halides is 6. The van der Waals surface area contributed by atoms with Gasteiger partial charge in [0.05, 0.1) is 27.9 Å². The van der Waals surface area contributed by atoms with Crippen molar-refractivity contribution < 1.29 is 35.5 Å². The molecular formula is C34H30F7N7O2S2. The van der Waals surface area contributed by atoms with Gasteiger partial charge in [0.15, 0.2) is 0 Å². The third-order valence-corrected chi connectivity index (χ3v) is 12.4. The summed E-state index contributed by atoms with van der Waals surface area (Å²) >= 11 is 1.70. The molecule has 2 fully saturated rings. The molecule has 2 atom stereocenters. The quantitative estimate of drug-likeness (QED) is 0.186. The van der Waals surface area contributed by atoms with Crippen molar-refractivity contribution in [3.05, 3.63) is 58.3 Å². The summed E-state index contributed by atoms with van der Waals surface area (Å²) < 4.78 is 102. The second kappa shape index (κ2) is 12.4. The number of benzene rings is 2. The van der Waals surface area contributed by atoms with Crippen molar-refractivity contribution in [2.24, 2.45) is 5.41 Å². The van der Waals surface area contributed by atoms with E-state index in [2.05, 4.69) is 11.6 Å². The number of hydrogen-bond acceptors (Lipinski definition) is 9. The molecule has 1 spiro atoms. The van der Waals surface area contributed by atoms with Crippen LogP contribution < -0.4 is 16.3 Å². The summed E-state index contributed by atoms with van der Waals surface area (Å²) in [5.74, 6) is -1.10. The molecular weight excluding hydrogens is 736 g/mol. The Morgan fingerprint density at radius 2 is 1.83 bits per heavy atom. The van der Waals surface area contributed by atoms with Gasteiger partial charge in [0.25, 0.3) is 0 Å². The molecule has 0 bridgehead atoms. The molecule has 0 radical (unpaired) electrons. The van der Waals surface area contributed by atoms with Gasteiger partial charge in [0.2, 0.25) is 5.91 Å². The Balaban J connectivity index is 1.52. The van der Waals surface area contributed by atoms with Crippen LogP contribution in [0.1, 0.15) is 25.0 Å². The van der Waals surface area contributed by atoms with Gasteiger partial charge >= 0.3 is 18.0 Å². The number of piperazine rings is 1. The smallest absolute Gasteiger partial charge is 0.389 e. The molecule has 7 rings (SSSR count). The second-order valence-electron chi connectivity index (χ2n) is 13.7. The highest BCUT2D eigenvalue weighted by Gasteiger charge is 2.49. The molecule has 0 saturated carbocycles. The molecule has 2 aromatic heterocycles. The first-order chi connectivity index (χ1) is 24.4. The zero-order valence-electron chi connectivity index (χ0n) is 27.7. The standard InChI is InChI=1S/C34H30F7N7O2S2/c1-4-23(49)48-16(2)9-46(10-17(48)3)30-19-7-21(34(39,40)41)25(18-5-6-22(35)27-24(18)20(8-42)29(43)52-27)28-26(19)47(31(50)44-30)13-32(15-51-28)11-45(12-32)14-33(36,37)38/h4-7,16-17H,1,9-15,43H2,2-3H3/t16-,17+. The van der Waals surface area contributed by atoms with Gasteiger partial charge in [-0.2, -0.15) is 36.6 Å². The Morgan fingerprint density at radius 3 is 2.42 bits per heavy atom. The van der Waals surface area contributed by atoms with Crippen LogP contribution in [0.25, 0.3) is 32.1 Å². The third-order valence-electron chi connectivity index (χ3n) is 9.89. The largest absolute Gasteiger partial charge is 0.417 e. The fraction of sp³-hybridized carbons (Fsp3) is 0.412. The van der Waals surface area contributed by atoms with E-state index in [0.29, 0.717) is 0 Å². The van der Waals surface area contributed by atoms with E-state index in [4.69, 9.17) is 5.73 Å². The van der Waals surface area contributed by atoms with Crippen LogP contribution in [0.2, 0.25) is 0 Å². The van der Waals surface area contributed by atoms with Gasteiger partial charge in [0, 0.05) is 77.2 Å². The van der Waals surface area contributed by atoms with Gasteiger partial charge in [-0.15, -0.1) is 23.1 Å². The van der Waals surface area contributed by atoms with Crippen LogP contribution in [0.5, 0.6) is 0 Å². The van der Waals surface area contributed by atoms with E-state index in [1.54, 1.807) is 23.6 Å². The number of halogens is 7. The van der Waals surface area contributed by atoms with Crippen LogP contribution in [0, 0.1) is 22.6 Å². The average molecular weight is 766 g/mol. The average Bonchev–Trinajstić information content (AvgIpc) is 3.27. The number of fused-ring (bicyclic) bond motifs is 1. The number of rotatable bonds is 4. The van der Waals surface area contributed by atoms with Gasteiger partial charge in [-0.1, -0.05) is 12.6 Å². The van der Waals surface area contributed by atoms with E-state index in [1.807, 2.05) is 6.07 Å². The van der Waals surface area contributed by atoms with Crippen molar-refractivity contribution in [3.63, 3.8) is 0 Å². The van der Waals surface area contributed by atoms with Crippen molar-refractivity contribution in [2.45, 2.75) is 49.7 Å². The molecule has 2 N–H and O–H groups in total. The number of nitriles is 1. The van der Waals surface area contributed by atoms with Crippen LogP contribution in [0.3, 0.4) is 0 Å². The third kappa shape index (κ3) is 5.86. The second-order valence-corrected chi connectivity index (χ2v) is 15.7. The predicted octanol–water partition coefficient (Wildman–Crippen LogP) is 6.47. The lowest BCUT2D eigenvalue weighted by atomic mass is 9.81. The number of amides is 1. The molecule has 4 aromatic rings. The van der Waals surface area contributed by atoms with Crippen LogP contribution in [-0.2, 0) is 17.5 Å². The Hall–Kier alpha value is -4.34. The minimum Gasteiger partial charge on any atom is -0.389 e. The summed E-state index contributed by atoms with van der Waals surface area (Å²) in [6.45, 7) is 5.87. The van der Waals surface area contributed by atoms with Crippen molar-refractivity contribution in [2.75, 3.05) is 49.1 Å². The zero-order chi connectivity index (χ0) is 37.7. The Bertz CT molecular complexity index is 2260. The zero-order valence-corrected chi connectivity index (χ0v) is 29.3. The molecule has 0 unspecified atom stereocenters. The number of carbonyl (C=O) groups is 1. The summed E-state index contributed by atoms with van der Waals surface area (Å²) in [7, 11) is 0. The fourth-order valence-electron chi connectivity index (χ4n) is 8.02. The van der Waals surface area contributed by atoms with Crippen LogP contribution >= 0.6 is 23.1 Å². The fourth-order valence-corrected chi connectivity index (χ4v) is 10.4. The van der Waals surface area contributed by atoms with Gasteiger partial charge in [-0.3, -0.25) is 14.3 Å². The van der Waals surface area contributed by atoms with E-state index in [1.165, 1.54) is 15.5 Å². The van der Waals surface area contributed by atoms with Crippen molar-refractivity contribution in [1.82, 2.24) is 19.4 Å². The SMILES string of the molecule is C=CC(=O)N1[C@H](C)CN(c2nc(=O)n3c4c(c(-c5ccc(F)c6sc(N)c(C#N)c56)c(C(F)(F)F)cc24)SCC2(CN(CC(F)(F)F)C2)C3)C[C@@H]1C. The maximum absolute atomic E-state index is 15.4. The number of thioether (sulfide) groups is 1. The van der Waals surface area contributed by atoms with Crippen LogP contribution in [0.15, 0.2) is 40.5 Å². The highest BCUT2D eigenvalue weighted by molar-refractivity contribution is 7.99. The number of nitrogens with zero attached hydrogens (tertiary/aromatic N) is 6. The maximum atomic E-state index is 15.4. The van der Waals surface area contributed by atoms with E-state index in [9.17, 15) is 28.0 Å². The molecule has 9 nitrogen and oxygen atoms in total. The number of nitrogens with two attached hydrogens (primary N) is 1. The first-order valence-electron chi connectivity index (χ1n) is 16.1. The number of thiophene rings is 1. The molecule has 2 aromatic carbocycles. The first kappa shape index (κ1) is 36.0. The van der Waals surface area contributed by atoms with E-state index < -0.39 is 59.0 Å². The summed E-state index contributed by atoms with van der Waals surface area (Å²) in [5.41, 5.74) is 2.55. The number of carbonyl (C=O) groups excluding carboxylic acids is 1. The van der Waals surface area contributed by atoms with Gasteiger partial charge in [0.1, 0.15) is 22.7 Å². The van der Waals surface area contributed by atoms with Crippen molar-refractivity contribution in [1.29, 1.82) is 5.26 Å². The van der Waals surface area contributed by atoms with Crippen LogP contribution in [-0.4, -0.2) is 82.0 Å². The summed E-state index contributed by atoms with van der Waals surface area (Å²) in [4.78, 5) is 35.5. The lowest BCUT2D eigenvalue weighted by molar-refractivity contribution is -0.168. The summed E-state index contributed by atoms with van der Waals surface area (Å²) in [5, 5.41) is 9.77. The molecule has 274 valence electrons. The number of nitrogen functional groups attached to an aromatic ring is 1. The molecule has 0 aliphatic carbocycles. The lowest BCUT2D eigenvalue weighted by Gasteiger charge is -2.50. The number of hydrogen-bond donors (Lipinski definition) is 1. The van der Waals surface area contributed by atoms with Gasteiger partial charge < -0.3 is 15.5 Å². The predicted molar refractivity (Wildman–Crippen MR) is 185 cm³/mol. The number of anilines is 2. The Kier molecular flexibility index (Phi) is 8.58. The minimum absolute atomic E-state index is 0.000131. The topological polar surface area (TPSA) is 111 Å². The van der Waals surface area contributed by atoms with E-state index >= 15 is 17.6 Å². The normalized spacial score (nSPS) is 20.6. The molecule has 1 amide bonds. The maximum Gasteiger partial charge on any atom is 0.417 e. The molecule has 5 heterocycles. The van der Waals surface area contributed by atoms with E-state index in [0.717, 1.165) is 41.3 Å². The molecule has 18 heteroatoms. The number of aromatic nitrogens is 2. The van der Waals surface area contributed by atoms with E-state index in [-0.39, 0.29) is 92.2 Å². The van der Waals surface area contributed by atoms with Crippen molar-refractivity contribution in [3.8, 4) is 17.2 Å². The Labute approximate surface area is 300 Å². The molecule has 3 aliphatic rings. The minimum atomic E-state index is -5.02. The number of likely N-dealkylation sites (tertiary alicyclic amines) is 1.